The predicted octanol–water partition coefficient (Wildman–Crippen LogP) is 5.23. The van der Waals surface area contributed by atoms with Gasteiger partial charge in [0, 0.05) is 26.2 Å². The molecule has 0 radical (unpaired) electrons. The van der Waals surface area contributed by atoms with E-state index in [0.29, 0.717) is 30.0 Å². The summed E-state index contributed by atoms with van der Waals surface area (Å²) >= 11 is 4.12. The number of carbonyl (C=O) groups excluding carboxylic acids is 3. The average Bonchev–Trinajstić information content (AvgIpc) is 2.99. The number of hydrogen-bond donors (Lipinski definition) is 0. The maximum atomic E-state index is 14.0. The SMILES string of the molecule is CC(=O)OC1CCC2(C)C(CCC3C4CCC(C(C)OC(C)=O)C4(C)CC(=O)C32Br)C1. The molecule has 4 rings (SSSR count). The molecule has 0 aromatic heterocycles. The molecule has 0 saturated heterocycles. The molecule has 0 aromatic carbocycles. The van der Waals surface area contributed by atoms with Crippen molar-refractivity contribution >= 4 is 33.7 Å². The second kappa shape index (κ2) is 7.85. The minimum atomic E-state index is -0.506. The number of Topliss-reactive ketones (excluding diaryl/α,β-unsaturated/α-hetero) is 1. The second-order valence-electron chi connectivity index (χ2n) is 11.2. The Bertz CT molecular complexity index is 782. The van der Waals surface area contributed by atoms with Gasteiger partial charge >= 0.3 is 11.9 Å². The molecule has 31 heavy (non-hydrogen) atoms. The van der Waals surface area contributed by atoms with Crippen LogP contribution in [0.1, 0.15) is 86.0 Å². The normalized spacial score (nSPS) is 47.5. The molecule has 0 amide bonds. The van der Waals surface area contributed by atoms with Crippen LogP contribution < -0.4 is 0 Å². The van der Waals surface area contributed by atoms with Crippen molar-refractivity contribution in [1.29, 1.82) is 0 Å². The molecule has 0 spiro atoms. The quantitative estimate of drug-likeness (QED) is 0.395. The smallest absolute Gasteiger partial charge is 0.302 e. The maximum Gasteiger partial charge on any atom is 0.302 e. The Hall–Kier alpha value is -0.910. The van der Waals surface area contributed by atoms with Crippen molar-refractivity contribution in [3.05, 3.63) is 0 Å². The van der Waals surface area contributed by atoms with E-state index in [1.54, 1.807) is 0 Å². The second-order valence-corrected chi connectivity index (χ2v) is 12.5. The van der Waals surface area contributed by atoms with E-state index in [2.05, 4.69) is 29.8 Å². The molecule has 174 valence electrons. The van der Waals surface area contributed by atoms with Crippen molar-refractivity contribution in [1.82, 2.24) is 0 Å². The first kappa shape index (κ1) is 23.3. The Labute approximate surface area is 194 Å². The zero-order chi connectivity index (χ0) is 22.8. The van der Waals surface area contributed by atoms with E-state index >= 15 is 0 Å². The summed E-state index contributed by atoms with van der Waals surface area (Å²) < 4.78 is 10.6. The molecule has 0 N–H and O–H groups in total. The molecular weight excluding hydrogens is 460 g/mol. The van der Waals surface area contributed by atoms with E-state index in [1.807, 2.05) is 6.92 Å². The highest BCUT2D eigenvalue weighted by molar-refractivity contribution is 9.10. The number of hydrogen-bond acceptors (Lipinski definition) is 5. The molecule has 5 nitrogen and oxygen atoms in total. The van der Waals surface area contributed by atoms with E-state index in [1.165, 1.54) is 13.8 Å². The van der Waals surface area contributed by atoms with Gasteiger partial charge in [-0.3, -0.25) is 14.4 Å². The molecular formula is C25H37BrO5. The standard InChI is InChI=1S/C25H37BrO5/c1-14(30-15(2)27)19-8-9-20-21-7-6-17-12-18(31-16(3)28)10-11-24(17,5)25(21,26)22(29)13-23(19,20)4/h14,17-21H,6-13H2,1-5H3. The fourth-order valence-electron chi connectivity index (χ4n) is 8.43. The molecule has 9 atom stereocenters. The van der Waals surface area contributed by atoms with Gasteiger partial charge in [0.25, 0.3) is 0 Å². The molecule has 4 saturated carbocycles. The van der Waals surface area contributed by atoms with Gasteiger partial charge in [-0.15, -0.1) is 0 Å². The predicted molar refractivity (Wildman–Crippen MR) is 121 cm³/mol. The van der Waals surface area contributed by atoms with Crippen LogP contribution in [0.5, 0.6) is 0 Å². The van der Waals surface area contributed by atoms with Gasteiger partial charge in [0.05, 0.1) is 4.32 Å². The van der Waals surface area contributed by atoms with Gasteiger partial charge in [-0.05, 0) is 80.5 Å². The fourth-order valence-corrected chi connectivity index (χ4v) is 9.64. The summed E-state index contributed by atoms with van der Waals surface area (Å²) in [5.74, 6) is 1.25. The van der Waals surface area contributed by atoms with Gasteiger partial charge < -0.3 is 9.47 Å². The monoisotopic (exact) mass is 496 g/mol. The molecule has 4 aliphatic rings. The van der Waals surface area contributed by atoms with Crippen LogP contribution in [0, 0.1) is 34.5 Å². The van der Waals surface area contributed by atoms with Gasteiger partial charge in [0.15, 0.2) is 5.78 Å². The number of rotatable bonds is 3. The summed E-state index contributed by atoms with van der Waals surface area (Å²) in [7, 11) is 0. The van der Waals surface area contributed by atoms with Gasteiger partial charge in [0.2, 0.25) is 0 Å². The molecule has 6 heteroatoms. The Morgan fingerprint density at radius 1 is 1.03 bits per heavy atom. The summed E-state index contributed by atoms with van der Waals surface area (Å²) in [6, 6.07) is 0. The van der Waals surface area contributed by atoms with Crippen LogP contribution >= 0.6 is 15.9 Å². The number of halogens is 1. The lowest BCUT2D eigenvalue weighted by atomic mass is 9.44. The Kier molecular flexibility index (Phi) is 5.89. The first-order valence-corrected chi connectivity index (χ1v) is 12.8. The third kappa shape index (κ3) is 3.41. The first-order valence-electron chi connectivity index (χ1n) is 12.0. The lowest BCUT2D eigenvalue weighted by molar-refractivity contribution is -0.165. The zero-order valence-corrected chi connectivity index (χ0v) is 21.1. The van der Waals surface area contributed by atoms with Crippen molar-refractivity contribution in [3.63, 3.8) is 0 Å². The third-order valence-electron chi connectivity index (χ3n) is 9.77. The van der Waals surface area contributed by atoms with Crippen LogP contribution in [0.4, 0.5) is 0 Å². The number of esters is 2. The van der Waals surface area contributed by atoms with Crippen molar-refractivity contribution < 1.29 is 23.9 Å². The Balaban J connectivity index is 1.62. The Morgan fingerprint density at radius 3 is 2.35 bits per heavy atom. The largest absolute Gasteiger partial charge is 0.463 e. The van der Waals surface area contributed by atoms with E-state index in [4.69, 9.17) is 9.47 Å². The van der Waals surface area contributed by atoms with Crippen molar-refractivity contribution in [3.8, 4) is 0 Å². The number of ether oxygens (including phenoxy) is 2. The molecule has 0 bridgehead atoms. The minimum Gasteiger partial charge on any atom is -0.463 e. The van der Waals surface area contributed by atoms with E-state index in [0.717, 1.165) is 44.9 Å². The average molecular weight is 497 g/mol. The first-order chi connectivity index (χ1) is 14.4. The summed E-state index contributed by atoms with van der Waals surface area (Å²) in [5, 5.41) is 0. The van der Waals surface area contributed by atoms with Crippen LogP contribution in [-0.2, 0) is 23.9 Å². The Morgan fingerprint density at radius 2 is 1.71 bits per heavy atom. The topological polar surface area (TPSA) is 69.7 Å². The molecule has 4 fully saturated rings. The number of ketones is 1. The maximum absolute atomic E-state index is 14.0. The van der Waals surface area contributed by atoms with Gasteiger partial charge in [-0.2, -0.15) is 0 Å². The summed E-state index contributed by atoms with van der Waals surface area (Å²) in [6.07, 6.45) is 7.17. The van der Waals surface area contributed by atoms with Crippen LogP contribution in [-0.4, -0.2) is 34.3 Å². The lowest BCUT2D eigenvalue weighted by Crippen LogP contribution is -2.67. The highest BCUT2D eigenvalue weighted by Crippen LogP contribution is 2.71. The zero-order valence-electron chi connectivity index (χ0n) is 19.5. The van der Waals surface area contributed by atoms with E-state index in [-0.39, 0.29) is 40.9 Å². The van der Waals surface area contributed by atoms with Gasteiger partial charge in [-0.1, -0.05) is 29.8 Å². The van der Waals surface area contributed by atoms with Crippen LogP contribution in [0.2, 0.25) is 0 Å². The van der Waals surface area contributed by atoms with Crippen molar-refractivity contribution in [2.24, 2.45) is 34.5 Å². The summed E-state index contributed by atoms with van der Waals surface area (Å²) in [5.41, 5.74) is -0.239. The summed E-state index contributed by atoms with van der Waals surface area (Å²) in [4.78, 5) is 37.0. The van der Waals surface area contributed by atoms with Crippen LogP contribution in [0.25, 0.3) is 0 Å². The van der Waals surface area contributed by atoms with Crippen molar-refractivity contribution in [2.75, 3.05) is 0 Å². The molecule has 9 unspecified atom stereocenters. The lowest BCUT2D eigenvalue weighted by Gasteiger charge is -2.64. The van der Waals surface area contributed by atoms with Gasteiger partial charge in [0.1, 0.15) is 12.2 Å². The molecule has 0 aromatic rings. The van der Waals surface area contributed by atoms with E-state index < -0.39 is 4.32 Å². The molecule has 0 aliphatic heterocycles. The minimum absolute atomic E-state index is 0.0207. The number of fused-ring (bicyclic) bond motifs is 5. The van der Waals surface area contributed by atoms with Crippen molar-refractivity contribution in [2.45, 2.75) is 103 Å². The van der Waals surface area contributed by atoms with E-state index in [9.17, 15) is 14.4 Å². The third-order valence-corrected chi connectivity index (χ3v) is 11.7. The highest BCUT2D eigenvalue weighted by atomic mass is 79.9. The summed E-state index contributed by atoms with van der Waals surface area (Å²) in [6.45, 7) is 9.52. The van der Waals surface area contributed by atoms with Crippen LogP contribution in [0.3, 0.4) is 0 Å². The van der Waals surface area contributed by atoms with Crippen LogP contribution in [0.15, 0.2) is 0 Å². The molecule has 0 heterocycles. The molecule has 4 aliphatic carbocycles. The van der Waals surface area contributed by atoms with Gasteiger partial charge in [-0.25, -0.2) is 0 Å². The highest BCUT2D eigenvalue weighted by Gasteiger charge is 2.70. The fraction of sp³-hybridized carbons (Fsp3) is 0.880. The number of alkyl halides is 1. The number of carbonyl (C=O) groups is 3.